The van der Waals surface area contributed by atoms with E-state index in [0.717, 1.165) is 17.8 Å². The van der Waals surface area contributed by atoms with Crippen molar-refractivity contribution in [1.29, 1.82) is 0 Å². The van der Waals surface area contributed by atoms with E-state index in [0.29, 0.717) is 45.1 Å². The van der Waals surface area contributed by atoms with Gasteiger partial charge in [0.05, 0.1) is 37.8 Å². The molecule has 0 aliphatic carbocycles. The lowest BCUT2D eigenvalue weighted by Gasteiger charge is -2.07. The van der Waals surface area contributed by atoms with Crippen LogP contribution in [0.3, 0.4) is 0 Å². The molecule has 0 unspecified atom stereocenters. The minimum absolute atomic E-state index is 0.499. The Morgan fingerprint density at radius 2 is 1.84 bits per heavy atom. The van der Waals surface area contributed by atoms with Gasteiger partial charge >= 0.3 is 0 Å². The lowest BCUT2D eigenvalue weighted by Crippen LogP contribution is -2.12. The largest absolute Gasteiger partial charge is 0.379 e. The zero-order valence-corrected chi connectivity index (χ0v) is 12.0. The van der Waals surface area contributed by atoms with E-state index in [1.54, 1.807) is 0 Å². The zero-order chi connectivity index (χ0) is 14.1. The van der Waals surface area contributed by atoms with E-state index in [1.165, 1.54) is 0 Å². The van der Waals surface area contributed by atoms with Crippen molar-refractivity contribution < 1.29 is 9.47 Å². The standard InChI is InChI=1S/C13H23N3O3/c1-4-11-13(15-17)12(5-2)16(14-11)7-8-19-10-9-18-6-3/h4-10H2,1-3H3. The fourth-order valence-electron chi connectivity index (χ4n) is 1.94. The van der Waals surface area contributed by atoms with E-state index in [1.807, 2.05) is 25.5 Å². The summed E-state index contributed by atoms with van der Waals surface area (Å²) < 4.78 is 12.5. The molecule has 1 heterocycles. The highest BCUT2D eigenvalue weighted by atomic mass is 16.5. The topological polar surface area (TPSA) is 65.7 Å². The van der Waals surface area contributed by atoms with Crippen molar-refractivity contribution >= 4 is 5.69 Å². The highest BCUT2D eigenvalue weighted by Crippen LogP contribution is 2.25. The van der Waals surface area contributed by atoms with Gasteiger partial charge in [-0.15, -0.1) is 4.91 Å². The van der Waals surface area contributed by atoms with Crippen LogP contribution in [0.4, 0.5) is 5.69 Å². The van der Waals surface area contributed by atoms with Crippen molar-refractivity contribution in [3.63, 3.8) is 0 Å². The average Bonchev–Trinajstić information content (AvgIpc) is 2.79. The third-order valence-corrected chi connectivity index (χ3v) is 2.88. The second-order valence-electron chi connectivity index (χ2n) is 4.07. The van der Waals surface area contributed by atoms with Crippen LogP contribution in [0.5, 0.6) is 0 Å². The fourth-order valence-corrected chi connectivity index (χ4v) is 1.94. The van der Waals surface area contributed by atoms with E-state index in [4.69, 9.17) is 9.47 Å². The van der Waals surface area contributed by atoms with Gasteiger partial charge in [-0.3, -0.25) is 4.68 Å². The number of hydrogen-bond donors (Lipinski definition) is 0. The molecular weight excluding hydrogens is 246 g/mol. The summed E-state index contributed by atoms with van der Waals surface area (Å²) in [5, 5.41) is 7.52. The number of nitrogens with zero attached hydrogens (tertiary/aromatic N) is 3. The first-order valence-corrected chi connectivity index (χ1v) is 6.85. The first-order chi connectivity index (χ1) is 9.28. The Morgan fingerprint density at radius 3 is 2.42 bits per heavy atom. The Labute approximate surface area is 114 Å². The van der Waals surface area contributed by atoms with Gasteiger partial charge in [-0.05, 0) is 24.9 Å². The maximum absolute atomic E-state index is 10.9. The SMILES string of the molecule is CCOCCOCCn1nc(CC)c(N=O)c1CC. The predicted octanol–water partition coefficient (Wildman–Crippen LogP) is 2.46. The number of rotatable bonds is 10. The third-order valence-electron chi connectivity index (χ3n) is 2.88. The molecule has 0 amide bonds. The lowest BCUT2D eigenvalue weighted by molar-refractivity contribution is 0.0485. The molecule has 0 bridgehead atoms. The van der Waals surface area contributed by atoms with Gasteiger partial charge in [0.1, 0.15) is 0 Å². The van der Waals surface area contributed by atoms with Crippen LogP contribution >= 0.6 is 0 Å². The quantitative estimate of drug-likeness (QED) is 0.483. The highest BCUT2D eigenvalue weighted by Gasteiger charge is 2.15. The molecule has 0 saturated carbocycles. The normalized spacial score (nSPS) is 10.9. The van der Waals surface area contributed by atoms with Crippen LogP contribution < -0.4 is 0 Å². The maximum Gasteiger partial charge on any atom is 0.152 e. The van der Waals surface area contributed by atoms with Crippen molar-refractivity contribution in [2.45, 2.75) is 40.2 Å². The van der Waals surface area contributed by atoms with Crippen LogP contribution in [-0.4, -0.2) is 36.2 Å². The molecule has 0 saturated heterocycles. The molecular formula is C13H23N3O3. The molecule has 0 aromatic carbocycles. The Balaban J connectivity index is 2.53. The fraction of sp³-hybridized carbons (Fsp3) is 0.769. The Hall–Kier alpha value is -1.27. The molecule has 0 fully saturated rings. The van der Waals surface area contributed by atoms with Crippen LogP contribution in [0, 0.1) is 4.91 Å². The van der Waals surface area contributed by atoms with E-state index >= 15 is 0 Å². The van der Waals surface area contributed by atoms with Gasteiger partial charge in [0, 0.05) is 6.61 Å². The molecule has 0 N–H and O–H groups in total. The molecule has 6 heteroatoms. The molecule has 0 radical (unpaired) electrons. The highest BCUT2D eigenvalue weighted by molar-refractivity contribution is 5.47. The first-order valence-electron chi connectivity index (χ1n) is 6.85. The third kappa shape index (κ3) is 4.40. The van der Waals surface area contributed by atoms with Crippen LogP contribution in [0.1, 0.15) is 32.2 Å². The monoisotopic (exact) mass is 269 g/mol. The predicted molar refractivity (Wildman–Crippen MR) is 73.8 cm³/mol. The second-order valence-corrected chi connectivity index (χ2v) is 4.07. The average molecular weight is 269 g/mol. The van der Waals surface area contributed by atoms with E-state index in [9.17, 15) is 4.91 Å². The van der Waals surface area contributed by atoms with Crippen molar-refractivity contribution in [3.05, 3.63) is 16.3 Å². The van der Waals surface area contributed by atoms with Crippen molar-refractivity contribution in [1.82, 2.24) is 9.78 Å². The van der Waals surface area contributed by atoms with Gasteiger partial charge < -0.3 is 9.47 Å². The maximum atomic E-state index is 10.9. The molecule has 1 aromatic heterocycles. The number of hydrogen-bond acceptors (Lipinski definition) is 5. The smallest absolute Gasteiger partial charge is 0.152 e. The first kappa shape index (κ1) is 15.8. The van der Waals surface area contributed by atoms with Crippen LogP contribution in [0.15, 0.2) is 5.18 Å². The van der Waals surface area contributed by atoms with Gasteiger partial charge in [-0.1, -0.05) is 13.8 Å². The number of nitroso groups, excluding NO2 is 1. The van der Waals surface area contributed by atoms with Gasteiger partial charge in [0.25, 0.3) is 0 Å². The lowest BCUT2D eigenvalue weighted by atomic mass is 10.2. The molecule has 0 atom stereocenters. The summed E-state index contributed by atoms with van der Waals surface area (Å²) in [6.07, 6.45) is 1.46. The van der Waals surface area contributed by atoms with E-state index in [2.05, 4.69) is 10.3 Å². The van der Waals surface area contributed by atoms with E-state index < -0.39 is 0 Å². The molecule has 108 valence electrons. The number of ether oxygens (including phenoxy) is 2. The molecule has 0 aliphatic rings. The van der Waals surface area contributed by atoms with Crippen LogP contribution in [0.25, 0.3) is 0 Å². The minimum atomic E-state index is 0.499. The summed E-state index contributed by atoms with van der Waals surface area (Å²) in [4.78, 5) is 10.9. The molecule has 19 heavy (non-hydrogen) atoms. The molecule has 0 aliphatic heterocycles. The van der Waals surface area contributed by atoms with Gasteiger partial charge in [0.2, 0.25) is 0 Å². The molecule has 1 aromatic rings. The van der Waals surface area contributed by atoms with Crippen molar-refractivity contribution in [2.75, 3.05) is 26.4 Å². The second kappa shape index (κ2) is 8.77. The molecule has 0 spiro atoms. The van der Waals surface area contributed by atoms with Gasteiger partial charge in [0.15, 0.2) is 5.69 Å². The van der Waals surface area contributed by atoms with Gasteiger partial charge in [-0.25, -0.2) is 0 Å². The van der Waals surface area contributed by atoms with Crippen molar-refractivity contribution in [2.24, 2.45) is 5.18 Å². The molecule has 1 rings (SSSR count). The molecule has 6 nitrogen and oxygen atoms in total. The summed E-state index contributed by atoms with van der Waals surface area (Å²) in [5.74, 6) is 0. The van der Waals surface area contributed by atoms with Crippen LogP contribution in [0.2, 0.25) is 0 Å². The summed E-state index contributed by atoms with van der Waals surface area (Å²) in [6.45, 7) is 9.01. The number of aryl methyl sites for hydroxylation is 1. The summed E-state index contributed by atoms with van der Waals surface area (Å²) in [5.41, 5.74) is 2.15. The zero-order valence-electron chi connectivity index (χ0n) is 12.0. The Bertz CT molecular complexity index is 391. The Morgan fingerprint density at radius 1 is 1.11 bits per heavy atom. The summed E-state index contributed by atoms with van der Waals surface area (Å²) in [6, 6.07) is 0. The van der Waals surface area contributed by atoms with Gasteiger partial charge in [-0.2, -0.15) is 5.10 Å². The summed E-state index contributed by atoms with van der Waals surface area (Å²) in [7, 11) is 0. The summed E-state index contributed by atoms with van der Waals surface area (Å²) >= 11 is 0. The number of aromatic nitrogens is 2. The minimum Gasteiger partial charge on any atom is -0.379 e. The Kier molecular flexibility index (Phi) is 7.28. The van der Waals surface area contributed by atoms with E-state index in [-0.39, 0.29) is 0 Å². The van der Waals surface area contributed by atoms with Crippen molar-refractivity contribution in [3.8, 4) is 0 Å². The van der Waals surface area contributed by atoms with Crippen LogP contribution in [-0.2, 0) is 28.9 Å².